The zero-order valence-corrected chi connectivity index (χ0v) is 23.5. The molecule has 3 N–H and O–H groups in total. The number of carboxylic acids is 2. The highest BCUT2D eigenvalue weighted by molar-refractivity contribution is 6.01. The lowest BCUT2D eigenvalue weighted by Gasteiger charge is -2.36. The van der Waals surface area contributed by atoms with Crippen molar-refractivity contribution < 1.29 is 38.9 Å². The lowest BCUT2D eigenvalue weighted by molar-refractivity contribution is -0.139. The first kappa shape index (κ1) is 30.5. The number of piperazine rings is 2. The number of hydrogen-bond acceptors (Lipinski definition) is 9. The number of fused-ring (bicyclic) bond motifs is 1. The smallest absolute Gasteiger partial charge is 0.409 e. The van der Waals surface area contributed by atoms with E-state index in [9.17, 15) is 29.1 Å². The van der Waals surface area contributed by atoms with Crippen LogP contribution in [0.1, 0.15) is 30.3 Å². The van der Waals surface area contributed by atoms with E-state index in [-0.39, 0.29) is 57.9 Å². The van der Waals surface area contributed by atoms with Crippen LogP contribution in [0.2, 0.25) is 0 Å². The summed E-state index contributed by atoms with van der Waals surface area (Å²) in [6, 6.07) is 7.92. The largest absolute Gasteiger partial charge is 0.481 e. The summed E-state index contributed by atoms with van der Waals surface area (Å²) < 4.78 is 5.02. The molecule has 0 spiro atoms. The van der Waals surface area contributed by atoms with Gasteiger partial charge in [-0.3, -0.25) is 24.1 Å². The number of carbonyl (C=O) groups is 5. The van der Waals surface area contributed by atoms with Gasteiger partial charge in [-0.25, -0.2) is 9.78 Å². The van der Waals surface area contributed by atoms with E-state index < -0.39 is 35.9 Å². The molecule has 1 unspecified atom stereocenters. The van der Waals surface area contributed by atoms with Crippen LogP contribution in [0.25, 0.3) is 10.9 Å². The predicted molar refractivity (Wildman–Crippen MR) is 151 cm³/mol. The molecule has 226 valence electrons. The Labute approximate surface area is 242 Å². The van der Waals surface area contributed by atoms with E-state index in [0.717, 1.165) is 11.1 Å². The van der Waals surface area contributed by atoms with Crippen molar-refractivity contribution in [3.63, 3.8) is 0 Å². The fourth-order valence-electron chi connectivity index (χ4n) is 5.18. The van der Waals surface area contributed by atoms with Crippen LogP contribution in [0.4, 0.5) is 10.5 Å². The minimum absolute atomic E-state index is 0.0395. The third kappa shape index (κ3) is 7.63. The number of carboxylic acid groups (broad SMARTS) is 2. The molecule has 2 saturated heterocycles. The van der Waals surface area contributed by atoms with Crippen molar-refractivity contribution in [3.8, 4) is 0 Å². The number of nitrogens with zero attached hydrogens (tertiary/aromatic N) is 5. The molecule has 42 heavy (non-hydrogen) atoms. The lowest BCUT2D eigenvalue weighted by atomic mass is 10.1. The summed E-state index contributed by atoms with van der Waals surface area (Å²) >= 11 is 0. The minimum atomic E-state index is -1.10. The number of aliphatic carboxylic acids is 2. The first-order chi connectivity index (χ1) is 20.2. The van der Waals surface area contributed by atoms with Gasteiger partial charge >= 0.3 is 18.0 Å². The molecule has 0 aliphatic carbocycles. The minimum Gasteiger partial charge on any atom is -0.481 e. The van der Waals surface area contributed by atoms with Crippen LogP contribution in [0.3, 0.4) is 0 Å². The number of pyridine rings is 1. The van der Waals surface area contributed by atoms with E-state index in [1.807, 2.05) is 17.0 Å². The van der Waals surface area contributed by atoms with Gasteiger partial charge in [-0.05, 0) is 25.5 Å². The maximum atomic E-state index is 13.5. The van der Waals surface area contributed by atoms with Crippen LogP contribution in [-0.2, 0) is 19.1 Å². The van der Waals surface area contributed by atoms with Gasteiger partial charge in [0.05, 0.1) is 18.7 Å². The summed E-state index contributed by atoms with van der Waals surface area (Å²) in [5.41, 5.74) is 1.43. The third-order valence-corrected chi connectivity index (χ3v) is 7.37. The number of nitrogens with one attached hydrogen (secondary N) is 1. The number of aromatic nitrogens is 1. The van der Waals surface area contributed by atoms with E-state index in [0.29, 0.717) is 31.7 Å². The normalized spacial score (nSPS) is 16.6. The SMILES string of the molecule is CCOC(=O)N1CCN(C(=O)C(CCC(=O)O)NC(=O)c2cc(N3CCN(CC(=O)O)CC3)c3ccccc3n2)CC1. The molecular weight excluding hydrogens is 548 g/mol. The zero-order chi connectivity index (χ0) is 30.2. The molecule has 14 heteroatoms. The Morgan fingerprint density at radius 2 is 1.60 bits per heavy atom. The van der Waals surface area contributed by atoms with Crippen molar-refractivity contribution >= 4 is 46.4 Å². The van der Waals surface area contributed by atoms with Crippen molar-refractivity contribution in [1.29, 1.82) is 0 Å². The van der Waals surface area contributed by atoms with Gasteiger partial charge in [0.15, 0.2) is 0 Å². The Kier molecular flexibility index (Phi) is 10.1. The van der Waals surface area contributed by atoms with Crippen molar-refractivity contribution in [2.24, 2.45) is 0 Å². The molecule has 2 fully saturated rings. The highest BCUT2D eigenvalue weighted by Gasteiger charge is 2.31. The first-order valence-electron chi connectivity index (χ1n) is 14.0. The molecule has 3 heterocycles. The standard InChI is InChI=1S/C28H36N6O8/c1-2-42-28(41)34-15-13-33(14-16-34)27(40)21(7-8-24(35)36)30-26(39)22-17-23(19-5-3-4-6-20(19)29-22)32-11-9-31(10-12-32)18-25(37)38/h3-6,17,21H,2,7-16,18H2,1H3,(H,30,39)(H,35,36)(H,37,38). The molecule has 0 saturated carbocycles. The van der Waals surface area contributed by atoms with E-state index in [1.165, 1.54) is 9.80 Å². The summed E-state index contributed by atoms with van der Waals surface area (Å²) in [4.78, 5) is 72.9. The maximum absolute atomic E-state index is 13.5. The van der Waals surface area contributed by atoms with Crippen LogP contribution < -0.4 is 10.2 Å². The highest BCUT2D eigenvalue weighted by Crippen LogP contribution is 2.28. The molecule has 14 nitrogen and oxygen atoms in total. The van der Waals surface area contributed by atoms with Crippen molar-refractivity contribution in [2.45, 2.75) is 25.8 Å². The number of anilines is 1. The Bertz CT molecular complexity index is 1320. The summed E-state index contributed by atoms with van der Waals surface area (Å²) in [6.45, 7) is 5.09. The van der Waals surface area contributed by atoms with Gasteiger partial charge < -0.3 is 35.0 Å². The second kappa shape index (κ2) is 13.9. The summed E-state index contributed by atoms with van der Waals surface area (Å²) in [5.74, 6) is -3.02. The summed E-state index contributed by atoms with van der Waals surface area (Å²) in [7, 11) is 0. The summed E-state index contributed by atoms with van der Waals surface area (Å²) in [6.07, 6.45) is -0.887. The second-order valence-electron chi connectivity index (χ2n) is 10.2. The molecular formula is C28H36N6O8. The predicted octanol–water partition coefficient (Wildman–Crippen LogP) is 0.705. The average Bonchev–Trinajstić information content (AvgIpc) is 2.98. The fourth-order valence-corrected chi connectivity index (χ4v) is 5.18. The van der Waals surface area contributed by atoms with Crippen molar-refractivity contribution in [2.75, 3.05) is 70.4 Å². The average molecular weight is 585 g/mol. The summed E-state index contributed by atoms with van der Waals surface area (Å²) in [5, 5.41) is 21.9. The molecule has 4 rings (SSSR count). The Hall–Kier alpha value is -4.46. The topological polar surface area (TPSA) is 173 Å². The molecule has 1 aromatic carbocycles. The molecule has 2 aromatic rings. The van der Waals surface area contributed by atoms with Crippen LogP contribution in [0.5, 0.6) is 0 Å². The van der Waals surface area contributed by atoms with E-state index in [4.69, 9.17) is 9.84 Å². The molecule has 1 aromatic heterocycles. The van der Waals surface area contributed by atoms with Gasteiger partial charge in [0.2, 0.25) is 5.91 Å². The number of rotatable bonds is 10. The monoisotopic (exact) mass is 584 g/mol. The van der Waals surface area contributed by atoms with Crippen LogP contribution in [-0.4, -0.2) is 131 Å². The lowest BCUT2D eigenvalue weighted by Crippen LogP contribution is -2.56. The van der Waals surface area contributed by atoms with Crippen LogP contribution >= 0.6 is 0 Å². The van der Waals surface area contributed by atoms with Gasteiger partial charge in [-0.2, -0.15) is 0 Å². The fraction of sp³-hybridized carbons (Fsp3) is 0.500. The Morgan fingerprint density at radius 1 is 0.929 bits per heavy atom. The maximum Gasteiger partial charge on any atom is 0.409 e. The van der Waals surface area contributed by atoms with E-state index >= 15 is 0 Å². The highest BCUT2D eigenvalue weighted by atomic mass is 16.6. The molecule has 2 aliphatic rings. The molecule has 0 bridgehead atoms. The van der Waals surface area contributed by atoms with Gasteiger partial charge in [0.1, 0.15) is 11.7 Å². The number of benzene rings is 1. The molecule has 3 amide bonds. The second-order valence-corrected chi connectivity index (χ2v) is 10.2. The number of para-hydroxylation sites is 1. The van der Waals surface area contributed by atoms with E-state index in [2.05, 4.69) is 15.2 Å². The number of amides is 3. The molecule has 0 radical (unpaired) electrons. The molecule has 2 aliphatic heterocycles. The first-order valence-corrected chi connectivity index (χ1v) is 14.0. The quantitative estimate of drug-likeness (QED) is 0.359. The van der Waals surface area contributed by atoms with Gasteiger partial charge in [-0.1, -0.05) is 18.2 Å². The number of ether oxygens (including phenoxy) is 1. The van der Waals surface area contributed by atoms with Gasteiger partial charge in [0, 0.05) is 69.9 Å². The third-order valence-electron chi connectivity index (χ3n) is 7.37. The Morgan fingerprint density at radius 3 is 2.24 bits per heavy atom. The Balaban J connectivity index is 1.51. The van der Waals surface area contributed by atoms with Gasteiger partial charge in [0.25, 0.3) is 5.91 Å². The van der Waals surface area contributed by atoms with Crippen LogP contribution in [0.15, 0.2) is 30.3 Å². The van der Waals surface area contributed by atoms with Gasteiger partial charge in [-0.15, -0.1) is 0 Å². The van der Waals surface area contributed by atoms with Crippen LogP contribution in [0, 0.1) is 0 Å². The zero-order valence-electron chi connectivity index (χ0n) is 23.5. The van der Waals surface area contributed by atoms with Crippen molar-refractivity contribution in [1.82, 2.24) is 25.0 Å². The van der Waals surface area contributed by atoms with E-state index in [1.54, 1.807) is 25.1 Å². The molecule has 1 atom stereocenters. The number of hydrogen-bond donors (Lipinski definition) is 3. The number of carbonyl (C=O) groups excluding carboxylic acids is 3. The van der Waals surface area contributed by atoms with Crippen molar-refractivity contribution in [3.05, 3.63) is 36.0 Å².